The van der Waals surface area contributed by atoms with E-state index in [0.29, 0.717) is 10.7 Å². The lowest BCUT2D eigenvalue weighted by Gasteiger charge is -2.17. The largest absolute Gasteiger partial charge is 0.281 e. The molecule has 6 heteroatoms. The van der Waals surface area contributed by atoms with Gasteiger partial charge in [-0.05, 0) is 25.1 Å². The number of aromatic nitrogens is 4. The molecule has 2 heterocycles. The predicted octanol–water partition coefficient (Wildman–Crippen LogP) is 4.79. The first-order valence-electron chi connectivity index (χ1n) is 7.03. The highest BCUT2D eigenvalue weighted by molar-refractivity contribution is 7.71. The zero-order chi connectivity index (χ0) is 14.9. The van der Waals surface area contributed by atoms with Crippen molar-refractivity contribution in [1.82, 2.24) is 20.2 Å². The van der Waals surface area contributed by atoms with Crippen LogP contribution in [0.2, 0.25) is 0 Å². The molecule has 0 aliphatic carbocycles. The van der Waals surface area contributed by atoms with Crippen molar-refractivity contribution in [1.29, 1.82) is 0 Å². The highest BCUT2D eigenvalue weighted by Crippen LogP contribution is 2.39. The monoisotopic (exact) mass is 310 g/mol. The zero-order valence-electron chi connectivity index (χ0n) is 12.7. The molecule has 0 aliphatic heterocycles. The average Bonchev–Trinajstić information content (AvgIpc) is 2.96. The molecule has 0 unspecified atom stereocenters. The minimum absolute atomic E-state index is 0.00940. The predicted molar refractivity (Wildman–Crippen MR) is 86.9 cm³/mol. The Bertz CT molecular complexity index is 626. The zero-order valence-corrected chi connectivity index (χ0v) is 14.3. The van der Waals surface area contributed by atoms with E-state index in [0.717, 1.165) is 29.2 Å². The van der Waals surface area contributed by atoms with Gasteiger partial charge in [-0.15, -0.1) is 11.3 Å². The van der Waals surface area contributed by atoms with Crippen molar-refractivity contribution in [3.8, 4) is 10.7 Å². The fourth-order valence-electron chi connectivity index (χ4n) is 2.20. The molecule has 2 aromatic rings. The van der Waals surface area contributed by atoms with Gasteiger partial charge in [0.1, 0.15) is 0 Å². The highest BCUT2D eigenvalue weighted by Gasteiger charge is 2.27. The van der Waals surface area contributed by atoms with E-state index in [4.69, 9.17) is 17.2 Å². The van der Waals surface area contributed by atoms with E-state index in [1.54, 1.807) is 11.3 Å². The summed E-state index contributed by atoms with van der Waals surface area (Å²) in [6.07, 6.45) is 2.23. The van der Waals surface area contributed by atoms with Crippen LogP contribution in [-0.2, 0) is 5.41 Å². The van der Waals surface area contributed by atoms with Gasteiger partial charge >= 0.3 is 0 Å². The van der Waals surface area contributed by atoms with Crippen LogP contribution in [0.15, 0.2) is 0 Å². The van der Waals surface area contributed by atoms with Crippen molar-refractivity contribution in [3.05, 3.63) is 15.5 Å². The van der Waals surface area contributed by atoms with Crippen LogP contribution in [0.25, 0.3) is 10.7 Å². The van der Waals surface area contributed by atoms with Crippen LogP contribution >= 0.6 is 23.6 Å². The van der Waals surface area contributed by atoms with Gasteiger partial charge in [-0.2, -0.15) is 4.98 Å². The lowest BCUT2D eigenvalue weighted by molar-refractivity contribution is 0.563. The van der Waals surface area contributed by atoms with Crippen LogP contribution in [0.4, 0.5) is 0 Å². The maximum absolute atomic E-state index is 5.06. The summed E-state index contributed by atoms with van der Waals surface area (Å²) in [6.45, 7) is 11.0. The normalized spacial score (nSPS) is 12.3. The van der Waals surface area contributed by atoms with Crippen molar-refractivity contribution < 1.29 is 0 Å². The lowest BCUT2D eigenvalue weighted by atomic mass is 9.91. The van der Waals surface area contributed by atoms with Gasteiger partial charge in [-0.3, -0.25) is 10.2 Å². The van der Waals surface area contributed by atoms with Crippen LogP contribution in [0.3, 0.4) is 0 Å². The van der Waals surface area contributed by atoms with E-state index in [2.05, 4.69) is 49.8 Å². The number of H-pyrrole nitrogens is 2. The SMILES string of the molecule is CCC(CC)c1nc(C(C)(C)C)c(-c2nc(=S)[nH][nH]2)s1. The molecule has 110 valence electrons. The van der Waals surface area contributed by atoms with Gasteiger partial charge in [-0.25, -0.2) is 4.98 Å². The number of nitrogens with zero attached hydrogens (tertiary/aromatic N) is 2. The Balaban J connectivity index is 2.57. The number of thiazole rings is 1. The molecule has 2 rings (SSSR count). The molecule has 2 aromatic heterocycles. The van der Waals surface area contributed by atoms with Crippen LogP contribution in [0.5, 0.6) is 0 Å². The maximum atomic E-state index is 5.06. The number of aromatic amines is 2. The van der Waals surface area contributed by atoms with Crippen molar-refractivity contribution in [3.63, 3.8) is 0 Å². The summed E-state index contributed by atoms with van der Waals surface area (Å²) in [5.41, 5.74) is 1.09. The van der Waals surface area contributed by atoms with Crippen molar-refractivity contribution in [2.45, 2.75) is 58.8 Å². The molecular formula is C14H22N4S2. The van der Waals surface area contributed by atoms with Crippen LogP contribution in [0.1, 0.15) is 64.1 Å². The molecule has 0 spiro atoms. The fraction of sp³-hybridized carbons (Fsp3) is 0.643. The first-order chi connectivity index (χ1) is 9.36. The molecule has 2 N–H and O–H groups in total. The summed E-state index contributed by atoms with van der Waals surface area (Å²) in [7, 11) is 0. The van der Waals surface area contributed by atoms with Crippen molar-refractivity contribution in [2.75, 3.05) is 0 Å². The van der Waals surface area contributed by atoms with Gasteiger partial charge in [0.05, 0.1) is 15.6 Å². The number of hydrogen-bond donors (Lipinski definition) is 2. The van der Waals surface area contributed by atoms with E-state index in [9.17, 15) is 0 Å². The van der Waals surface area contributed by atoms with Gasteiger partial charge in [0.25, 0.3) is 0 Å². The summed E-state index contributed by atoms with van der Waals surface area (Å²) in [5, 5.41) is 7.13. The van der Waals surface area contributed by atoms with Crippen molar-refractivity contribution >= 4 is 23.6 Å². The Morgan fingerprint density at radius 2 is 1.80 bits per heavy atom. The third kappa shape index (κ3) is 3.01. The second-order valence-corrected chi connectivity index (χ2v) is 7.43. The maximum Gasteiger partial charge on any atom is 0.213 e. The number of rotatable bonds is 4. The minimum Gasteiger partial charge on any atom is -0.281 e. The van der Waals surface area contributed by atoms with E-state index in [1.807, 2.05) is 0 Å². The molecule has 4 nitrogen and oxygen atoms in total. The first kappa shape index (κ1) is 15.4. The molecule has 0 saturated carbocycles. The Kier molecular flexibility index (Phi) is 4.44. The van der Waals surface area contributed by atoms with Crippen LogP contribution < -0.4 is 0 Å². The van der Waals surface area contributed by atoms with Crippen LogP contribution in [-0.4, -0.2) is 20.2 Å². The molecular weight excluding hydrogens is 288 g/mol. The smallest absolute Gasteiger partial charge is 0.213 e. The molecule has 0 aliphatic rings. The van der Waals surface area contributed by atoms with Crippen molar-refractivity contribution in [2.24, 2.45) is 0 Å². The van der Waals surface area contributed by atoms with E-state index in [-0.39, 0.29) is 5.41 Å². The topological polar surface area (TPSA) is 57.4 Å². The molecule has 0 radical (unpaired) electrons. The van der Waals surface area contributed by atoms with Gasteiger partial charge in [0.15, 0.2) is 5.82 Å². The molecule has 0 amide bonds. The Hall–Kier alpha value is -1.01. The molecule has 0 fully saturated rings. The van der Waals surface area contributed by atoms with Gasteiger partial charge in [0, 0.05) is 11.3 Å². The van der Waals surface area contributed by atoms with E-state index >= 15 is 0 Å². The summed E-state index contributed by atoms with van der Waals surface area (Å²) in [5.74, 6) is 1.33. The summed E-state index contributed by atoms with van der Waals surface area (Å²) in [4.78, 5) is 10.4. The minimum atomic E-state index is -0.00940. The Morgan fingerprint density at radius 3 is 2.25 bits per heavy atom. The quantitative estimate of drug-likeness (QED) is 0.798. The number of nitrogens with one attached hydrogen (secondary N) is 2. The first-order valence-corrected chi connectivity index (χ1v) is 8.25. The van der Waals surface area contributed by atoms with Gasteiger partial charge < -0.3 is 0 Å². The second kappa shape index (κ2) is 5.77. The highest BCUT2D eigenvalue weighted by atomic mass is 32.1. The number of hydrogen-bond acceptors (Lipinski definition) is 4. The third-order valence-electron chi connectivity index (χ3n) is 3.41. The van der Waals surface area contributed by atoms with Gasteiger partial charge in [-0.1, -0.05) is 34.6 Å². The average molecular weight is 310 g/mol. The molecule has 0 bridgehead atoms. The van der Waals surface area contributed by atoms with Gasteiger partial charge in [0.2, 0.25) is 4.77 Å². The van der Waals surface area contributed by atoms with Crippen LogP contribution in [0, 0.1) is 4.77 Å². The lowest BCUT2D eigenvalue weighted by Crippen LogP contribution is -2.13. The summed E-state index contributed by atoms with van der Waals surface area (Å²) >= 11 is 6.80. The third-order valence-corrected chi connectivity index (χ3v) is 4.82. The van der Waals surface area contributed by atoms with E-state index in [1.165, 1.54) is 5.01 Å². The second-order valence-electron chi connectivity index (χ2n) is 6.01. The van der Waals surface area contributed by atoms with E-state index < -0.39 is 0 Å². The molecule has 0 atom stereocenters. The summed E-state index contributed by atoms with van der Waals surface area (Å²) < 4.78 is 0.484. The molecule has 20 heavy (non-hydrogen) atoms. The summed E-state index contributed by atoms with van der Waals surface area (Å²) in [6, 6.07) is 0. The Labute approximate surface area is 129 Å². The standard InChI is InChI=1S/C14H22N4S2/c1-6-8(7-2)12-15-10(14(3,4)5)9(20-12)11-16-13(19)18-17-11/h8H,6-7H2,1-5H3,(H2,16,17,18,19). The molecule has 0 aromatic carbocycles. The molecule has 0 saturated heterocycles. The fourth-order valence-corrected chi connectivity index (χ4v) is 3.83. The Morgan fingerprint density at radius 1 is 1.15 bits per heavy atom.